The number of aromatic nitrogens is 3. The minimum Gasteiger partial charge on any atom is -0.394 e. The maximum Gasteiger partial charge on any atom is 0.290 e. The molecule has 4 N–H and O–H groups in total. The summed E-state index contributed by atoms with van der Waals surface area (Å²) in [6.45, 7) is 2.69. The fourth-order valence-corrected chi connectivity index (χ4v) is 3.28. The van der Waals surface area contributed by atoms with E-state index in [4.69, 9.17) is 4.74 Å². The summed E-state index contributed by atoms with van der Waals surface area (Å²) in [6.07, 6.45) is -0.531. The van der Waals surface area contributed by atoms with Gasteiger partial charge in [-0.25, -0.2) is 9.98 Å². The smallest absolute Gasteiger partial charge is 0.290 e. The van der Waals surface area contributed by atoms with Crippen molar-refractivity contribution in [3.8, 4) is 0 Å². The number of aliphatic hydroxyl groups excluding tert-OH is 2. The molecule has 0 spiro atoms. The first-order chi connectivity index (χ1) is 11.8. The van der Waals surface area contributed by atoms with Crippen LogP contribution in [0.5, 0.6) is 0 Å². The molecule has 2 aliphatic rings. The second-order valence-corrected chi connectivity index (χ2v) is 6.38. The van der Waals surface area contributed by atoms with Crippen molar-refractivity contribution in [1.82, 2.24) is 14.5 Å². The summed E-state index contributed by atoms with van der Waals surface area (Å²) in [5.74, 6) is 1.22. The molecule has 1 unspecified atom stereocenters. The normalized spacial score (nSPS) is 31.1. The topological polar surface area (TPSA) is 142 Å². The lowest BCUT2D eigenvalue weighted by Crippen LogP contribution is -2.44. The Bertz CT molecular complexity index is 953. The van der Waals surface area contributed by atoms with Crippen molar-refractivity contribution in [2.24, 2.45) is 4.99 Å². The van der Waals surface area contributed by atoms with Crippen molar-refractivity contribution in [3.63, 3.8) is 0 Å². The number of anilines is 1. The molecule has 2 aliphatic heterocycles. The van der Waals surface area contributed by atoms with E-state index in [1.807, 2.05) is 0 Å². The molecule has 2 aromatic rings. The van der Waals surface area contributed by atoms with E-state index in [9.17, 15) is 20.1 Å². The van der Waals surface area contributed by atoms with Gasteiger partial charge in [0.05, 0.1) is 23.7 Å². The summed E-state index contributed by atoms with van der Waals surface area (Å²) < 4.78 is 7.19. The first-order valence-corrected chi connectivity index (χ1v) is 7.74. The zero-order valence-electron chi connectivity index (χ0n) is 13.5. The van der Waals surface area contributed by atoms with Gasteiger partial charge in [0.25, 0.3) is 5.56 Å². The van der Waals surface area contributed by atoms with Crippen molar-refractivity contribution >= 4 is 28.4 Å². The van der Waals surface area contributed by atoms with Crippen LogP contribution in [0, 0.1) is 0 Å². The minimum atomic E-state index is -1.66. The van der Waals surface area contributed by atoms with Gasteiger partial charge in [-0.15, -0.1) is 0 Å². The van der Waals surface area contributed by atoms with Gasteiger partial charge in [-0.1, -0.05) is 0 Å². The molecule has 25 heavy (non-hydrogen) atoms. The van der Waals surface area contributed by atoms with Crippen molar-refractivity contribution < 1.29 is 20.1 Å². The van der Waals surface area contributed by atoms with Gasteiger partial charge in [-0.05, 0) is 13.8 Å². The maximum atomic E-state index is 11.7. The highest BCUT2D eigenvalue weighted by molar-refractivity contribution is 6.10. The van der Waals surface area contributed by atoms with Crippen LogP contribution >= 0.6 is 0 Å². The molecular formula is C15H17N5O5. The van der Waals surface area contributed by atoms with Gasteiger partial charge < -0.3 is 29.9 Å². The second-order valence-electron chi connectivity index (χ2n) is 6.38. The van der Waals surface area contributed by atoms with Crippen molar-refractivity contribution in [3.05, 3.63) is 22.7 Å². The molecule has 0 bridgehead atoms. The first-order valence-electron chi connectivity index (χ1n) is 7.74. The van der Waals surface area contributed by atoms with E-state index in [2.05, 4.69) is 20.3 Å². The molecule has 0 radical (unpaired) electrons. The van der Waals surface area contributed by atoms with Crippen LogP contribution in [0.4, 0.5) is 11.6 Å². The van der Waals surface area contributed by atoms with Crippen LogP contribution in [0.2, 0.25) is 0 Å². The molecular weight excluding hydrogens is 330 g/mol. The molecule has 1 fully saturated rings. The van der Waals surface area contributed by atoms with E-state index in [1.54, 1.807) is 13.1 Å². The minimum absolute atomic E-state index is 0.315. The predicted octanol–water partition coefficient (Wildman–Crippen LogP) is -0.732. The van der Waals surface area contributed by atoms with Gasteiger partial charge in [0.1, 0.15) is 35.3 Å². The molecule has 0 aliphatic carbocycles. The third kappa shape index (κ3) is 2.26. The lowest BCUT2D eigenvalue weighted by molar-refractivity contribution is -0.0955. The molecule has 0 aromatic carbocycles. The number of ether oxygens (including phenoxy) is 1. The van der Waals surface area contributed by atoms with Crippen molar-refractivity contribution in [2.75, 3.05) is 11.9 Å². The maximum absolute atomic E-state index is 11.7. The highest BCUT2D eigenvalue weighted by atomic mass is 16.6. The van der Waals surface area contributed by atoms with E-state index in [0.29, 0.717) is 28.4 Å². The lowest BCUT2D eigenvalue weighted by atomic mass is 9.96. The number of hydrogen-bond donors (Lipinski definition) is 4. The molecule has 4 heterocycles. The van der Waals surface area contributed by atoms with Crippen molar-refractivity contribution in [2.45, 2.75) is 37.9 Å². The largest absolute Gasteiger partial charge is 0.394 e. The summed E-state index contributed by atoms with van der Waals surface area (Å²) in [6, 6.07) is 0. The van der Waals surface area contributed by atoms with E-state index >= 15 is 0 Å². The molecule has 0 saturated carbocycles. The van der Waals surface area contributed by atoms with E-state index in [0.717, 1.165) is 6.20 Å². The number of hydrogen-bond acceptors (Lipinski definition) is 9. The highest BCUT2D eigenvalue weighted by Crippen LogP contribution is 2.44. The Balaban J connectivity index is 1.97. The lowest BCUT2D eigenvalue weighted by Gasteiger charge is -2.28. The summed E-state index contributed by atoms with van der Waals surface area (Å²) in [4.78, 5) is 24.2. The van der Waals surface area contributed by atoms with Gasteiger partial charge in [0, 0.05) is 6.20 Å². The highest BCUT2D eigenvalue weighted by Gasteiger charge is 2.53. The fourth-order valence-electron chi connectivity index (χ4n) is 3.28. The Labute approximate surface area is 141 Å². The summed E-state index contributed by atoms with van der Waals surface area (Å²) in [5.41, 5.74) is -1.72. The van der Waals surface area contributed by atoms with Crippen LogP contribution in [0.1, 0.15) is 20.1 Å². The summed E-state index contributed by atoms with van der Waals surface area (Å²) in [7, 11) is 0. The number of aliphatic hydroxyl groups is 3. The molecule has 10 nitrogen and oxygen atoms in total. The summed E-state index contributed by atoms with van der Waals surface area (Å²) in [5, 5.41) is 33.7. The number of amidine groups is 1. The number of aliphatic imine (C=N–C) groups is 1. The molecule has 2 aromatic heterocycles. The van der Waals surface area contributed by atoms with Crippen LogP contribution in [-0.4, -0.2) is 60.1 Å². The molecule has 4 atom stereocenters. The zero-order valence-corrected chi connectivity index (χ0v) is 13.5. The summed E-state index contributed by atoms with van der Waals surface area (Å²) >= 11 is 0. The Hall–Kier alpha value is -2.40. The molecule has 0 amide bonds. The van der Waals surface area contributed by atoms with Gasteiger partial charge in [0.15, 0.2) is 6.23 Å². The van der Waals surface area contributed by atoms with Gasteiger partial charge in [-0.3, -0.25) is 4.79 Å². The second kappa shape index (κ2) is 5.30. The van der Waals surface area contributed by atoms with Crippen LogP contribution < -0.4 is 10.9 Å². The van der Waals surface area contributed by atoms with E-state index < -0.39 is 36.2 Å². The number of rotatable bonds is 2. The van der Waals surface area contributed by atoms with Gasteiger partial charge in [-0.2, -0.15) is 4.98 Å². The molecule has 1 saturated heterocycles. The molecule has 132 valence electrons. The Morgan fingerprint density at radius 3 is 2.92 bits per heavy atom. The van der Waals surface area contributed by atoms with Crippen LogP contribution in [0.15, 0.2) is 22.2 Å². The van der Waals surface area contributed by atoms with Crippen molar-refractivity contribution in [1.29, 1.82) is 0 Å². The quantitative estimate of drug-likeness (QED) is 0.557. The van der Waals surface area contributed by atoms with E-state index in [-0.39, 0.29) is 0 Å². The Morgan fingerprint density at radius 2 is 2.24 bits per heavy atom. The van der Waals surface area contributed by atoms with Crippen LogP contribution in [0.3, 0.4) is 0 Å². The Morgan fingerprint density at radius 1 is 1.48 bits per heavy atom. The third-order valence-corrected chi connectivity index (χ3v) is 4.52. The zero-order chi connectivity index (χ0) is 17.9. The van der Waals surface area contributed by atoms with E-state index in [1.165, 1.54) is 11.5 Å². The van der Waals surface area contributed by atoms with Gasteiger partial charge in [0.2, 0.25) is 0 Å². The molecule has 4 rings (SSSR count). The average Bonchev–Trinajstić information content (AvgIpc) is 2.94. The first kappa shape index (κ1) is 16.1. The monoisotopic (exact) mass is 347 g/mol. The Kier molecular flexibility index (Phi) is 3.41. The van der Waals surface area contributed by atoms with Crippen LogP contribution in [-0.2, 0) is 4.74 Å². The number of nitrogens with zero attached hydrogens (tertiary/aromatic N) is 4. The number of nitrogens with one attached hydrogen (secondary N) is 1. The fraction of sp³-hybridized carbons (Fsp3) is 0.467. The van der Waals surface area contributed by atoms with Crippen LogP contribution in [0.25, 0.3) is 10.9 Å². The average molecular weight is 347 g/mol. The SMILES string of the molecule is CC1=Nc2c3c(nc(=O)cnc3cn2C2O[C@H](CO)[C@@H](O)[C@@]2(C)O)N1. The standard InChI is InChI=1S/C15H17N5O5/c1-6-17-12-10-7(16-3-9(22)19-12)4-20(13(10)18-6)14-15(2,24)11(23)8(5-21)25-14/h3-4,8,11,14,21,23-24H,5H2,1-2H3,(H,17,18,19,22)/t8-,11-,14?,15-/m1/s1. The third-order valence-electron chi connectivity index (χ3n) is 4.52. The van der Waals surface area contributed by atoms with Gasteiger partial charge >= 0.3 is 0 Å². The predicted molar refractivity (Wildman–Crippen MR) is 87.8 cm³/mol. The molecule has 10 heteroatoms.